The normalized spacial score (nSPS) is 20.0. The van der Waals surface area contributed by atoms with Crippen LogP contribution >= 0.6 is 15.9 Å². The number of carbonyl (C=O) groups excluding carboxylic acids is 1. The first-order valence-corrected chi connectivity index (χ1v) is 10.7. The van der Waals surface area contributed by atoms with Crippen molar-refractivity contribution in [3.8, 4) is 0 Å². The Labute approximate surface area is 182 Å². The van der Waals surface area contributed by atoms with Crippen molar-refractivity contribution in [2.45, 2.75) is 44.9 Å². The number of piperidine rings is 1. The quantitative estimate of drug-likeness (QED) is 0.542. The second-order valence-electron chi connectivity index (χ2n) is 8.61. The standard InChI is InChI=1S/C22H24BrN3O4/c1-22(2,3)30-21(29)25-9-8-17(18(27)11-25)26-12-24-19-14-7-5-4-6-13(14)16(23)10-15(19)20(26)28/h4-7,10,12,17-18,27H,8-9,11H2,1-3H3. The summed E-state index contributed by atoms with van der Waals surface area (Å²) in [5.74, 6) is 0. The Morgan fingerprint density at radius 3 is 2.60 bits per heavy atom. The van der Waals surface area contributed by atoms with Crippen LogP contribution < -0.4 is 5.56 Å². The lowest BCUT2D eigenvalue weighted by Crippen LogP contribution is -2.50. The average Bonchev–Trinajstić information content (AvgIpc) is 2.68. The van der Waals surface area contributed by atoms with Crippen molar-refractivity contribution in [1.82, 2.24) is 14.5 Å². The summed E-state index contributed by atoms with van der Waals surface area (Å²) in [6.45, 7) is 5.90. The van der Waals surface area contributed by atoms with Gasteiger partial charge in [0.1, 0.15) is 5.60 Å². The number of β-amino-alcohol motifs (C(OH)–C–C–N with tert-alkyl or cyclic N) is 1. The zero-order chi connectivity index (χ0) is 21.6. The van der Waals surface area contributed by atoms with Crippen LogP contribution in [0.1, 0.15) is 33.2 Å². The van der Waals surface area contributed by atoms with Crippen LogP contribution in [0.5, 0.6) is 0 Å². The van der Waals surface area contributed by atoms with E-state index in [4.69, 9.17) is 4.74 Å². The minimum atomic E-state index is -0.896. The highest BCUT2D eigenvalue weighted by molar-refractivity contribution is 9.10. The Morgan fingerprint density at radius 2 is 1.93 bits per heavy atom. The Morgan fingerprint density at radius 1 is 1.23 bits per heavy atom. The molecule has 0 radical (unpaired) electrons. The second kappa shape index (κ2) is 7.67. The van der Waals surface area contributed by atoms with Crippen LogP contribution in [-0.4, -0.2) is 50.4 Å². The van der Waals surface area contributed by atoms with Gasteiger partial charge in [0.25, 0.3) is 5.56 Å². The number of amides is 1. The number of carbonyl (C=O) groups is 1. The molecule has 2 atom stereocenters. The van der Waals surface area contributed by atoms with Gasteiger partial charge in [0.05, 0.1) is 35.9 Å². The first-order valence-electron chi connectivity index (χ1n) is 9.90. The van der Waals surface area contributed by atoms with Crippen molar-refractivity contribution in [3.63, 3.8) is 0 Å². The van der Waals surface area contributed by atoms with E-state index in [0.29, 0.717) is 23.9 Å². The van der Waals surface area contributed by atoms with Gasteiger partial charge in [-0.05, 0) is 38.6 Å². The van der Waals surface area contributed by atoms with Crippen LogP contribution in [0, 0.1) is 0 Å². The van der Waals surface area contributed by atoms with Crippen molar-refractivity contribution < 1.29 is 14.6 Å². The van der Waals surface area contributed by atoms with Crippen molar-refractivity contribution in [2.75, 3.05) is 13.1 Å². The van der Waals surface area contributed by atoms with Gasteiger partial charge in [-0.15, -0.1) is 0 Å². The molecule has 3 aromatic rings. The lowest BCUT2D eigenvalue weighted by atomic mass is 10.0. The van der Waals surface area contributed by atoms with Gasteiger partial charge in [0, 0.05) is 16.4 Å². The van der Waals surface area contributed by atoms with Crippen molar-refractivity contribution in [1.29, 1.82) is 0 Å². The number of rotatable bonds is 1. The van der Waals surface area contributed by atoms with Crippen LogP contribution in [0.2, 0.25) is 0 Å². The molecule has 1 fully saturated rings. The largest absolute Gasteiger partial charge is 0.444 e. The van der Waals surface area contributed by atoms with Crippen molar-refractivity contribution in [3.05, 3.63) is 51.5 Å². The van der Waals surface area contributed by atoms with E-state index in [2.05, 4.69) is 20.9 Å². The minimum Gasteiger partial charge on any atom is -0.444 e. The molecule has 0 bridgehead atoms. The molecule has 1 aromatic heterocycles. The second-order valence-corrected chi connectivity index (χ2v) is 9.46. The summed E-state index contributed by atoms with van der Waals surface area (Å²) in [5.41, 5.74) is -0.175. The molecule has 30 heavy (non-hydrogen) atoms. The maximum absolute atomic E-state index is 13.3. The molecule has 1 N–H and O–H groups in total. The van der Waals surface area contributed by atoms with E-state index in [1.165, 1.54) is 15.8 Å². The molecule has 1 aliphatic rings. The van der Waals surface area contributed by atoms with Crippen LogP contribution in [0.15, 0.2) is 45.9 Å². The number of ether oxygens (including phenoxy) is 1. The van der Waals surface area contributed by atoms with E-state index in [1.807, 2.05) is 24.3 Å². The third-order valence-electron chi connectivity index (χ3n) is 5.30. The summed E-state index contributed by atoms with van der Waals surface area (Å²) in [6.07, 6.45) is 0.580. The number of aliphatic hydroxyl groups is 1. The number of halogens is 1. The van der Waals surface area contributed by atoms with E-state index in [1.54, 1.807) is 26.8 Å². The van der Waals surface area contributed by atoms with Gasteiger partial charge in [0.2, 0.25) is 0 Å². The Kier molecular flexibility index (Phi) is 5.32. The molecule has 0 saturated carbocycles. The van der Waals surface area contributed by atoms with Gasteiger partial charge in [-0.3, -0.25) is 9.36 Å². The number of hydrogen-bond acceptors (Lipinski definition) is 5. The molecule has 8 heteroatoms. The van der Waals surface area contributed by atoms with Crippen LogP contribution in [-0.2, 0) is 4.74 Å². The molecule has 158 valence electrons. The van der Waals surface area contributed by atoms with Gasteiger partial charge < -0.3 is 14.7 Å². The maximum Gasteiger partial charge on any atom is 0.410 e. The molecule has 0 aliphatic carbocycles. The monoisotopic (exact) mass is 473 g/mol. The fraction of sp³-hybridized carbons (Fsp3) is 0.409. The number of benzene rings is 2. The molecule has 1 amide bonds. The summed E-state index contributed by atoms with van der Waals surface area (Å²) in [5, 5.41) is 13.1. The molecule has 2 unspecified atom stereocenters. The SMILES string of the molecule is CC(C)(C)OC(=O)N1CCC(n2cnc3c(cc(Br)c4ccccc43)c2=O)C(O)C1. The molecule has 4 rings (SSSR count). The number of hydrogen-bond donors (Lipinski definition) is 1. The zero-order valence-electron chi connectivity index (χ0n) is 17.1. The average molecular weight is 474 g/mol. The van der Waals surface area contributed by atoms with E-state index < -0.39 is 23.8 Å². The van der Waals surface area contributed by atoms with Gasteiger partial charge in [-0.1, -0.05) is 40.2 Å². The number of fused-ring (bicyclic) bond motifs is 3. The van der Waals surface area contributed by atoms with Crippen LogP contribution in [0.4, 0.5) is 4.79 Å². The van der Waals surface area contributed by atoms with Crippen molar-refractivity contribution >= 4 is 43.7 Å². The summed E-state index contributed by atoms with van der Waals surface area (Å²) in [4.78, 5) is 31.6. The van der Waals surface area contributed by atoms with Gasteiger partial charge in [0.15, 0.2) is 0 Å². The number of aliphatic hydroxyl groups excluding tert-OH is 1. The maximum atomic E-state index is 13.3. The first-order chi connectivity index (χ1) is 14.2. The Hall–Kier alpha value is -2.45. The molecule has 1 aliphatic heterocycles. The highest BCUT2D eigenvalue weighted by atomic mass is 79.9. The predicted molar refractivity (Wildman–Crippen MR) is 119 cm³/mol. The first kappa shape index (κ1) is 20.8. The van der Waals surface area contributed by atoms with E-state index in [-0.39, 0.29) is 12.1 Å². The summed E-state index contributed by atoms with van der Waals surface area (Å²) in [6, 6.07) is 9.09. The molecular formula is C22H24BrN3O4. The summed E-state index contributed by atoms with van der Waals surface area (Å²) in [7, 11) is 0. The third-order valence-corrected chi connectivity index (χ3v) is 5.95. The number of likely N-dealkylation sites (tertiary alicyclic amines) is 1. The zero-order valence-corrected chi connectivity index (χ0v) is 18.7. The molecular weight excluding hydrogens is 450 g/mol. The summed E-state index contributed by atoms with van der Waals surface area (Å²) < 4.78 is 7.70. The summed E-state index contributed by atoms with van der Waals surface area (Å²) >= 11 is 3.55. The van der Waals surface area contributed by atoms with E-state index >= 15 is 0 Å². The van der Waals surface area contributed by atoms with Crippen molar-refractivity contribution in [2.24, 2.45) is 0 Å². The number of nitrogens with zero attached hydrogens (tertiary/aromatic N) is 3. The fourth-order valence-corrected chi connectivity index (χ4v) is 4.48. The van der Waals surface area contributed by atoms with Gasteiger partial charge in [-0.2, -0.15) is 0 Å². The molecule has 1 saturated heterocycles. The lowest BCUT2D eigenvalue weighted by molar-refractivity contribution is -0.0105. The van der Waals surface area contributed by atoms with Gasteiger partial charge >= 0.3 is 6.09 Å². The van der Waals surface area contributed by atoms with E-state index in [0.717, 1.165) is 15.2 Å². The van der Waals surface area contributed by atoms with Gasteiger partial charge in [-0.25, -0.2) is 9.78 Å². The molecule has 2 heterocycles. The van der Waals surface area contributed by atoms with E-state index in [9.17, 15) is 14.7 Å². The van der Waals surface area contributed by atoms with Crippen LogP contribution in [0.25, 0.3) is 21.7 Å². The highest BCUT2D eigenvalue weighted by Gasteiger charge is 2.34. The molecule has 0 spiro atoms. The number of aromatic nitrogens is 2. The third kappa shape index (κ3) is 3.81. The molecule has 2 aromatic carbocycles. The lowest BCUT2D eigenvalue weighted by Gasteiger charge is -2.37. The topological polar surface area (TPSA) is 84.7 Å². The Balaban J connectivity index is 1.66. The van der Waals surface area contributed by atoms with Crippen LogP contribution in [0.3, 0.4) is 0 Å². The fourth-order valence-electron chi connectivity index (χ4n) is 3.90. The molecule has 7 nitrogen and oxygen atoms in total. The Bertz CT molecular complexity index is 1180. The highest BCUT2D eigenvalue weighted by Crippen LogP contribution is 2.30. The smallest absolute Gasteiger partial charge is 0.410 e. The predicted octanol–water partition coefficient (Wildman–Crippen LogP) is 3.86. The minimum absolute atomic E-state index is 0.103.